The Bertz CT molecular complexity index is 401. The third-order valence-electron chi connectivity index (χ3n) is 4.23. The zero-order valence-corrected chi connectivity index (χ0v) is 10.9. The summed E-state index contributed by atoms with van der Waals surface area (Å²) in [6.07, 6.45) is 7.16. The lowest BCUT2D eigenvalue weighted by molar-refractivity contribution is 0.175. The first-order chi connectivity index (χ1) is 8.84. The number of pyridine rings is 1. The molecule has 0 amide bonds. The minimum atomic E-state index is 0.664. The van der Waals surface area contributed by atoms with Gasteiger partial charge in [-0.2, -0.15) is 0 Å². The number of nitrogens with zero attached hydrogens (tertiary/aromatic N) is 3. The van der Waals surface area contributed by atoms with E-state index in [1.165, 1.54) is 38.8 Å². The Kier molecular flexibility index (Phi) is 3.37. The topological polar surface area (TPSA) is 45.4 Å². The van der Waals surface area contributed by atoms with Crippen molar-refractivity contribution in [3.63, 3.8) is 0 Å². The average molecular weight is 246 g/mol. The molecule has 2 aliphatic rings. The molecule has 3 heterocycles. The van der Waals surface area contributed by atoms with E-state index in [4.69, 9.17) is 5.73 Å². The SMILES string of the molecule is Nc1ncccc1N1CCC(N2CCCCC2)C1. The normalized spacial score (nSPS) is 25.6. The van der Waals surface area contributed by atoms with Gasteiger partial charge in [0.25, 0.3) is 0 Å². The van der Waals surface area contributed by atoms with Crippen LogP contribution in [0.25, 0.3) is 0 Å². The van der Waals surface area contributed by atoms with Crippen LogP contribution in [0.4, 0.5) is 11.5 Å². The number of aromatic nitrogens is 1. The molecule has 1 aromatic rings. The highest BCUT2D eigenvalue weighted by molar-refractivity contribution is 5.63. The highest BCUT2D eigenvalue weighted by Gasteiger charge is 2.29. The number of nitrogens with two attached hydrogens (primary N) is 1. The molecule has 4 nitrogen and oxygen atoms in total. The quantitative estimate of drug-likeness (QED) is 0.863. The Morgan fingerprint density at radius 2 is 2.00 bits per heavy atom. The largest absolute Gasteiger partial charge is 0.382 e. The lowest BCUT2D eigenvalue weighted by Gasteiger charge is -2.32. The number of likely N-dealkylation sites (tertiary alicyclic amines) is 1. The van der Waals surface area contributed by atoms with Gasteiger partial charge in [0.2, 0.25) is 0 Å². The maximum atomic E-state index is 5.96. The van der Waals surface area contributed by atoms with Crippen LogP contribution in [0.2, 0.25) is 0 Å². The molecular weight excluding hydrogens is 224 g/mol. The molecule has 2 N–H and O–H groups in total. The van der Waals surface area contributed by atoms with E-state index in [1.54, 1.807) is 6.20 Å². The van der Waals surface area contributed by atoms with E-state index in [-0.39, 0.29) is 0 Å². The van der Waals surface area contributed by atoms with E-state index in [1.807, 2.05) is 6.07 Å². The predicted molar refractivity (Wildman–Crippen MR) is 74.7 cm³/mol. The Hall–Kier alpha value is -1.29. The van der Waals surface area contributed by atoms with Crippen molar-refractivity contribution in [2.45, 2.75) is 31.7 Å². The van der Waals surface area contributed by atoms with Gasteiger partial charge in [-0.1, -0.05) is 6.42 Å². The van der Waals surface area contributed by atoms with E-state index >= 15 is 0 Å². The third kappa shape index (κ3) is 2.29. The van der Waals surface area contributed by atoms with Crippen molar-refractivity contribution >= 4 is 11.5 Å². The van der Waals surface area contributed by atoms with Gasteiger partial charge in [0.05, 0.1) is 5.69 Å². The average Bonchev–Trinajstić information content (AvgIpc) is 2.90. The Balaban J connectivity index is 1.66. The zero-order valence-electron chi connectivity index (χ0n) is 10.9. The molecule has 1 atom stereocenters. The molecule has 0 aromatic carbocycles. The van der Waals surface area contributed by atoms with Crippen LogP contribution >= 0.6 is 0 Å². The number of hydrogen-bond acceptors (Lipinski definition) is 4. The first-order valence-corrected chi connectivity index (χ1v) is 7.04. The van der Waals surface area contributed by atoms with Gasteiger partial charge in [0.1, 0.15) is 5.82 Å². The van der Waals surface area contributed by atoms with Crippen molar-refractivity contribution < 1.29 is 0 Å². The van der Waals surface area contributed by atoms with Crippen molar-refractivity contribution in [2.75, 3.05) is 36.8 Å². The van der Waals surface area contributed by atoms with Gasteiger partial charge in [-0.3, -0.25) is 4.90 Å². The highest BCUT2D eigenvalue weighted by atomic mass is 15.3. The fourth-order valence-electron chi connectivity index (χ4n) is 3.22. The summed E-state index contributed by atoms with van der Waals surface area (Å²) < 4.78 is 0. The molecule has 2 aliphatic heterocycles. The lowest BCUT2D eigenvalue weighted by atomic mass is 10.1. The Morgan fingerprint density at radius 1 is 1.17 bits per heavy atom. The van der Waals surface area contributed by atoms with Crippen molar-refractivity contribution in [1.29, 1.82) is 0 Å². The first kappa shape index (κ1) is 11.8. The van der Waals surface area contributed by atoms with Crippen molar-refractivity contribution in [1.82, 2.24) is 9.88 Å². The molecule has 0 bridgehead atoms. The number of anilines is 2. The molecule has 1 unspecified atom stereocenters. The number of rotatable bonds is 2. The van der Waals surface area contributed by atoms with Crippen LogP contribution in [0.1, 0.15) is 25.7 Å². The van der Waals surface area contributed by atoms with Crippen LogP contribution in [-0.4, -0.2) is 42.1 Å². The second-order valence-electron chi connectivity index (χ2n) is 5.39. The Morgan fingerprint density at radius 3 is 2.78 bits per heavy atom. The van der Waals surface area contributed by atoms with Gasteiger partial charge in [-0.15, -0.1) is 0 Å². The van der Waals surface area contributed by atoms with Crippen LogP contribution in [-0.2, 0) is 0 Å². The summed E-state index contributed by atoms with van der Waals surface area (Å²) >= 11 is 0. The van der Waals surface area contributed by atoms with Crippen LogP contribution in [0, 0.1) is 0 Å². The lowest BCUT2D eigenvalue weighted by Crippen LogP contribution is -2.40. The van der Waals surface area contributed by atoms with Crippen LogP contribution in [0.3, 0.4) is 0 Å². The van der Waals surface area contributed by atoms with E-state index in [2.05, 4.69) is 20.9 Å². The van der Waals surface area contributed by atoms with Crippen LogP contribution in [0.5, 0.6) is 0 Å². The molecule has 0 aliphatic carbocycles. The second-order valence-corrected chi connectivity index (χ2v) is 5.39. The maximum Gasteiger partial charge on any atom is 0.146 e. The summed E-state index contributed by atoms with van der Waals surface area (Å²) in [6, 6.07) is 4.77. The van der Waals surface area contributed by atoms with E-state index in [9.17, 15) is 0 Å². The summed E-state index contributed by atoms with van der Waals surface area (Å²) in [4.78, 5) is 9.24. The molecule has 1 aromatic heterocycles. The van der Waals surface area contributed by atoms with Crippen molar-refractivity contribution in [2.24, 2.45) is 0 Å². The smallest absolute Gasteiger partial charge is 0.146 e. The van der Waals surface area contributed by atoms with Gasteiger partial charge >= 0.3 is 0 Å². The molecule has 0 saturated carbocycles. The molecule has 0 radical (unpaired) electrons. The van der Waals surface area contributed by atoms with Gasteiger partial charge in [0, 0.05) is 25.3 Å². The predicted octanol–water partition coefficient (Wildman–Crippen LogP) is 1.73. The third-order valence-corrected chi connectivity index (χ3v) is 4.23. The first-order valence-electron chi connectivity index (χ1n) is 7.04. The molecular formula is C14H22N4. The number of piperidine rings is 1. The van der Waals surface area contributed by atoms with Gasteiger partial charge in [-0.25, -0.2) is 4.98 Å². The fourth-order valence-corrected chi connectivity index (χ4v) is 3.22. The molecule has 0 spiro atoms. The minimum absolute atomic E-state index is 0.664. The summed E-state index contributed by atoms with van der Waals surface area (Å²) in [6.45, 7) is 4.77. The number of nitrogen functional groups attached to an aromatic ring is 1. The Labute approximate surface area is 109 Å². The van der Waals surface area contributed by atoms with Gasteiger partial charge in [-0.05, 0) is 44.5 Å². The molecule has 2 fully saturated rings. The minimum Gasteiger partial charge on any atom is -0.382 e. The molecule has 18 heavy (non-hydrogen) atoms. The van der Waals surface area contributed by atoms with Gasteiger partial charge < -0.3 is 10.6 Å². The van der Waals surface area contributed by atoms with E-state index in [0.29, 0.717) is 11.9 Å². The zero-order chi connectivity index (χ0) is 12.4. The van der Waals surface area contributed by atoms with E-state index in [0.717, 1.165) is 18.8 Å². The van der Waals surface area contributed by atoms with Crippen LogP contribution in [0.15, 0.2) is 18.3 Å². The summed E-state index contributed by atoms with van der Waals surface area (Å²) in [5.41, 5.74) is 7.07. The van der Waals surface area contributed by atoms with Crippen LogP contribution < -0.4 is 10.6 Å². The monoisotopic (exact) mass is 246 g/mol. The molecule has 2 saturated heterocycles. The maximum absolute atomic E-state index is 5.96. The molecule has 4 heteroatoms. The second kappa shape index (κ2) is 5.14. The van der Waals surface area contributed by atoms with E-state index < -0.39 is 0 Å². The number of hydrogen-bond donors (Lipinski definition) is 1. The fraction of sp³-hybridized carbons (Fsp3) is 0.643. The molecule has 3 rings (SSSR count). The van der Waals surface area contributed by atoms with Crippen molar-refractivity contribution in [3.05, 3.63) is 18.3 Å². The summed E-state index contributed by atoms with van der Waals surface area (Å²) in [7, 11) is 0. The summed E-state index contributed by atoms with van der Waals surface area (Å²) in [5.74, 6) is 0.664. The molecule has 98 valence electrons. The standard InChI is InChI=1S/C14H22N4/c15-14-13(5-4-7-16-14)18-10-6-12(11-18)17-8-2-1-3-9-17/h4-5,7,12H,1-3,6,8-11H2,(H2,15,16). The summed E-state index contributed by atoms with van der Waals surface area (Å²) in [5, 5.41) is 0. The highest BCUT2D eigenvalue weighted by Crippen LogP contribution is 2.27. The van der Waals surface area contributed by atoms with Gasteiger partial charge in [0.15, 0.2) is 0 Å². The van der Waals surface area contributed by atoms with Crippen molar-refractivity contribution in [3.8, 4) is 0 Å².